The minimum Gasteiger partial charge on any atom is -0.393 e. The second kappa shape index (κ2) is 6.44. The van der Waals surface area contributed by atoms with Crippen LogP contribution in [0.15, 0.2) is 35.4 Å². The van der Waals surface area contributed by atoms with E-state index in [2.05, 4.69) is 9.88 Å². The molecule has 2 aromatic rings. The molecule has 3 atom stereocenters. The lowest BCUT2D eigenvalue weighted by atomic mass is 10.0. The van der Waals surface area contributed by atoms with Gasteiger partial charge < -0.3 is 10.0 Å². The summed E-state index contributed by atoms with van der Waals surface area (Å²) in [6.07, 6.45) is 6.03. The quantitative estimate of drug-likeness (QED) is 0.803. The lowest BCUT2D eigenvalue weighted by Gasteiger charge is -2.36. The van der Waals surface area contributed by atoms with Crippen LogP contribution in [0.2, 0.25) is 0 Å². The number of carbonyl (C=O) groups is 1. The molecule has 2 aliphatic heterocycles. The zero-order valence-corrected chi connectivity index (χ0v) is 16.0. The standard InChI is InChI=1S/C18H20N2O4S2/c1-26(23,24)15-4-2-3-11(7-15)17(22)16-10-19-18(25-16)20-12-5-6-13(20)9-14(21)8-12/h2-4,7,10,12-14,21H,5-6,8-9H2,1H3/t12-,13+,14?. The van der Waals surface area contributed by atoms with Crippen LogP contribution in [0.1, 0.15) is 40.9 Å². The first-order chi connectivity index (χ1) is 12.3. The van der Waals surface area contributed by atoms with E-state index >= 15 is 0 Å². The van der Waals surface area contributed by atoms with Crippen LogP contribution in [-0.2, 0) is 9.84 Å². The van der Waals surface area contributed by atoms with Gasteiger partial charge in [-0.25, -0.2) is 13.4 Å². The number of ketones is 1. The van der Waals surface area contributed by atoms with Gasteiger partial charge >= 0.3 is 0 Å². The van der Waals surface area contributed by atoms with Crippen LogP contribution in [0.3, 0.4) is 0 Å². The Balaban J connectivity index is 1.60. The van der Waals surface area contributed by atoms with Crippen LogP contribution in [0.25, 0.3) is 0 Å². The van der Waals surface area contributed by atoms with E-state index in [4.69, 9.17) is 0 Å². The summed E-state index contributed by atoms with van der Waals surface area (Å²) in [5.41, 5.74) is 0.347. The topological polar surface area (TPSA) is 87.6 Å². The molecule has 2 fully saturated rings. The molecule has 0 amide bonds. The van der Waals surface area contributed by atoms with Crippen molar-refractivity contribution in [3.05, 3.63) is 40.9 Å². The van der Waals surface area contributed by atoms with E-state index in [1.807, 2.05) is 0 Å². The van der Waals surface area contributed by atoms with Gasteiger partial charge in [-0.15, -0.1) is 0 Å². The average molecular weight is 393 g/mol. The van der Waals surface area contributed by atoms with E-state index < -0.39 is 9.84 Å². The van der Waals surface area contributed by atoms with Crippen molar-refractivity contribution in [2.45, 2.75) is 48.8 Å². The van der Waals surface area contributed by atoms with E-state index in [1.54, 1.807) is 18.3 Å². The number of hydrogen-bond acceptors (Lipinski definition) is 7. The zero-order chi connectivity index (χ0) is 18.5. The van der Waals surface area contributed by atoms with Crippen molar-refractivity contribution in [1.29, 1.82) is 0 Å². The molecule has 2 bridgehead atoms. The molecule has 1 unspecified atom stereocenters. The maximum atomic E-state index is 12.8. The number of hydrogen-bond donors (Lipinski definition) is 1. The van der Waals surface area contributed by atoms with Crippen LogP contribution in [-0.4, -0.2) is 48.7 Å². The van der Waals surface area contributed by atoms with E-state index in [1.165, 1.54) is 23.5 Å². The molecule has 1 N–H and O–H groups in total. The van der Waals surface area contributed by atoms with Gasteiger partial charge in [0.25, 0.3) is 0 Å². The molecule has 0 spiro atoms. The molecule has 0 aliphatic carbocycles. The molecule has 1 aromatic heterocycles. The number of nitrogens with zero attached hydrogens (tertiary/aromatic N) is 2. The molecule has 2 aliphatic rings. The second-order valence-corrected chi connectivity index (χ2v) is 10.1. The first-order valence-electron chi connectivity index (χ1n) is 8.60. The van der Waals surface area contributed by atoms with Gasteiger partial charge in [-0.3, -0.25) is 4.79 Å². The maximum Gasteiger partial charge on any atom is 0.204 e. The fourth-order valence-electron chi connectivity index (χ4n) is 3.96. The van der Waals surface area contributed by atoms with Crippen LogP contribution >= 0.6 is 11.3 Å². The monoisotopic (exact) mass is 392 g/mol. The Bertz CT molecular complexity index is 940. The average Bonchev–Trinajstić information content (AvgIpc) is 3.16. The van der Waals surface area contributed by atoms with Gasteiger partial charge in [-0.2, -0.15) is 0 Å². The lowest BCUT2D eigenvalue weighted by molar-refractivity contribution is 0.104. The Labute approximate surface area is 156 Å². The minimum absolute atomic E-state index is 0.135. The number of piperidine rings is 1. The summed E-state index contributed by atoms with van der Waals surface area (Å²) in [5.74, 6) is -0.219. The molecule has 3 heterocycles. The Morgan fingerprint density at radius 3 is 2.62 bits per heavy atom. The number of aliphatic hydroxyl groups excluding tert-OH is 1. The van der Waals surface area contributed by atoms with Gasteiger partial charge in [0.15, 0.2) is 15.0 Å². The lowest BCUT2D eigenvalue weighted by Crippen LogP contribution is -2.44. The third-order valence-electron chi connectivity index (χ3n) is 5.17. The fraction of sp³-hybridized carbons (Fsp3) is 0.444. The highest BCUT2D eigenvalue weighted by atomic mass is 32.2. The summed E-state index contributed by atoms with van der Waals surface area (Å²) in [5, 5.41) is 10.8. The summed E-state index contributed by atoms with van der Waals surface area (Å²) in [7, 11) is -3.36. The SMILES string of the molecule is CS(=O)(=O)c1cccc(C(=O)c2cnc(N3[C@@H]4CC[C@H]3CC(O)C4)s2)c1. The summed E-state index contributed by atoms with van der Waals surface area (Å²) in [4.78, 5) is 20.1. The van der Waals surface area contributed by atoms with Gasteiger partial charge in [0.2, 0.25) is 5.78 Å². The molecule has 0 radical (unpaired) electrons. The van der Waals surface area contributed by atoms with Crippen molar-refractivity contribution < 1.29 is 18.3 Å². The van der Waals surface area contributed by atoms with Crippen molar-refractivity contribution in [2.75, 3.05) is 11.2 Å². The summed E-state index contributed by atoms with van der Waals surface area (Å²) >= 11 is 1.34. The van der Waals surface area contributed by atoms with Crippen LogP contribution in [0.5, 0.6) is 0 Å². The Morgan fingerprint density at radius 2 is 1.96 bits per heavy atom. The predicted octanol–water partition coefficient (Wildman–Crippen LogP) is 2.27. The zero-order valence-electron chi connectivity index (χ0n) is 14.3. The van der Waals surface area contributed by atoms with Gasteiger partial charge in [0.05, 0.1) is 22.1 Å². The Hall–Kier alpha value is -1.77. The van der Waals surface area contributed by atoms with E-state index in [0.717, 1.165) is 37.1 Å². The van der Waals surface area contributed by atoms with Gasteiger partial charge in [0.1, 0.15) is 0 Å². The maximum absolute atomic E-state index is 12.8. The molecule has 4 rings (SSSR count). The molecule has 2 saturated heterocycles. The molecule has 26 heavy (non-hydrogen) atoms. The number of thiazole rings is 1. The van der Waals surface area contributed by atoms with Crippen molar-refractivity contribution in [3.63, 3.8) is 0 Å². The predicted molar refractivity (Wildman–Crippen MR) is 99.6 cm³/mol. The molecule has 6 nitrogen and oxygen atoms in total. The number of benzene rings is 1. The van der Waals surface area contributed by atoms with Crippen molar-refractivity contribution >= 4 is 32.1 Å². The summed E-state index contributed by atoms with van der Waals surface area (Å²) in [6, 6.07) is 6.67. The number of rotatable bonds is 4. The number of anilines is 1. The normalized spacial score (nSPS) is 25.5. The van der Waals surface area contributed by atoms with E-state index in [-0.39, 0.29) is 28.9 Å². The van der Waals surface area contributed by atoms with Gasteiger partial charge in [-0.05, 0) is 37.8 Å². The first-order valence-corrected chi connectivity index (χ1v) is 11.3. The van der Waals surface area contributed by atoms with Crippen LogP contribution in [0, 0.1) is 0 Å². The third kappa shape index (κ3) is 3.17. The first kappa shape index (κ1) is 17.6. The second-order valence-electron chi connectivity index (χ2n) is 7.05. The van der Waals surface area contributed by atoms with E-state index in [9.17, 15) is 18.3 Å². The summed E-state index contributed by atoms with van der Waals surface area (Å²) < 4.78 is 23.4. The number of carbonyl (C=O) groups excluding carboxylic acids is 1. The molecule has 8 heteroatoms. The van der Waals surface area contributed by atoms with Gasteiger partial charge in [0, 0.05) is 23.9 Å². The third-order valence-corrected chi connectivity index (χ3v) is 7.29. The fourth-order valence-corrected chi connectivity index (χ4v) is 5.65. The molecule has 0 saturated carbocycles. The summed E-state index contributed by atoms with van der Waals surface area (Å²) in [6.45, 7) is 0. The number of aliphatic hydroxyl groups is 1. The largest absolute Gasteiger partial charge is 0.393 e. The van der Waals surface area contributed by atoms with Crippen molar-refractivity contribution in [3.8, 4) is 0 Å². The van der Waals surface area contributed by atoms with Crippen LogP contribution in [0.4, 0.5) is 5.13 Å². The number of fused-ring (bicyclic) bond motifs is 2. The minimum atomic E-state index is -3.36. The van der Waals surface area contributed by atoms with Crippen LogP contribution < -0.4 is 4.90 Å². The molecule has 138 valence electrons. The highest BCUT2D eigenvalue weighted by Crippen LogP contribution is 2.41. The highest BCUT2D eigenvalue weighted by molar-refractivity contribution is 7.90. The molecular weight excluding hydrogens is 372 g/mol. The highest BCUT2D eigenvalue weighted by Gasteiger charge is 2.41. The van der Waals surface area contributed by atoms with Crippen molar-refractivity contribution in [2.24, 2.45) is 0 Å². The number of sulfone groups is 1. The molecule has 1 aromatic carbocycles. The van der Waals surface area contributed by atoms with E-state index in [0.29, 0.717) is 10.4 Å². The molecular formula is C18H20N2O4S2. The Kier molecular flexibility index (Phi) is 4.37. The van der Waals surface area contributed by atoms with Crippen molar-refractivity contribution in [1.82, 2.24) is 4.98 Å². The number of aromatic nitrogens is 1. The Morgan fingerprint density at radius 1 is 1.27 bits per heavy atom. The van der Waals surface area contributed by atoms with Gasteiger partial charge in [-0.1, -0.05) is 23.5 Å². The smallest absolute Gasteiger partial charge is 0.204 e.